The van der Waals surface area contributed by atoms with Gasteiger partial charge in [0, 0.05) is 17.5 Å². The second-order valence-electron chi connectivity index (χ2n) is 4.83. The Kier molecular flexibility index (Phi) is 2.42. The summed E-state index contributed by atoms with van der Waals surface area (Å²) in [6, 6.07) is 12.0. The molecule has 1 aliphatic rings. The third-order valence-electron chi connectivity index (χ3n) is 3.58. The van der Waals surface area contributed by atoms with Crippen molar-refractivity contribution in [3.63, 3.8) is 0 Å². The maximum Gasteiger partial charge on any atom is 0.162 e. The first-order chi connectivity index (χ1) is 9.83. The van der Waals surface area contributed by atoms with Gasteiger partial charge in [-0.25, -0.2) is 4.98 Å². The van der Waals surface area contributed by atoms with Gasteiger partial charge in [0.1, 0.15) is 18.9 Å². The lowest BCUT2D eigenvalue weighted by Gasteiger charge is -2.18. The number of imidazole rings is 1. The Labute approximate surface area is 116 Å². The smallest absolute Gasteiger partial charge is 0.162 e. The van der Waals surface area contributed by atoms with Crippen LogP contribution in [0.4, 0.5) is 0 Å². The van der Waals surface area contributed by atoms with Crippen molar-refractivity contribution in [3.8, 4) is 22.8 Å². The van der Waals surface area contributed by atoms with E-state index in [0.29, 0.717) is 13.2 Å². The highest BCUT2D eigenvalue weighted by atomic mass is 16.6. The third-order valence-corrected chi connectivity index (χ3v) is 3.58. The molecule has 0 saturated heterocycles. The largest absolute Gasteiger partial charge is 0.486 e. The van der Waals surface area contributed by atoms with Crippen molar-refractivity contribution in [1.29, 1.82) is 0 Å². The summed E-state index contributed by atoms with van der Waals surface area (Å²) >= 11 is 0. The quantitative estimate of drug-likeness (QED) is 0.679. The van der Waals surface area contributed by atoms with Crippen LogP contribution in [0.5, 0.6) is 11.5 Å². The van der Waals surface area contributed by atoms with Crippen molar-refractivity contribution in [1.82, 2.24) is 9.38 Å². The van der Waals surface area contributed by atoms with Gasteiger partial charge in [-0.2, -0.15) is 0 Å². The normalized spacial score (nSPS) is 13.7. The van der Waals surface area contributed by atoms with E-state index in [9.17, 15) is 0 Å². The number of rotatable bonds is 1. The van der Waals surface area contributed by atoms with Crippen molar-refractivity contribution < 1.29 is 9.47 Å². The van der Waals surface area contributed by atoms with Crippen LogP contribution in [0.25, 0.3) is 16.9 Å². The van der Waals surface area contributed by atoms with Gasteiger partial charge >= 0.3 is 0 Å². The van der Waals surface area contributed by atoms with Crippen LogP contribution in [0.3, 0.4) is 0 Å². The molecule has 20 heavy (non-hydrogen) atoms. The highest BCUT2D eigenvalue weighted by Gasteiger charge is 2.15. The Morgan fingerprint density at radius 3 is 2.75 bits per heavy atom. The first-order valence-corrected chi connectivity index (χ1v) is 6.66. The predicted molar refractivity (Wildman–Crippen MR) is 76.4 cm³/mol. The van der Waals surface area contributed by atoms with Crippen LogP contribution in [-0.2, 0) is 0 Å². The van der Waals surface area contributed by atoms with E-state index < -0.39 is 0 Å². The summed E-state index contributed by atoms with van der Waals surface area (Å²) < 4.78 is 13.3. The third kappa shape index (κ3) is 1.65. The minimum Gasteiger partial charge on any atom is -0.486 e. The molecule has 100 valence electrons. The number of ether oxygens (including phenoxy) is 2. The summed E-state index contributed by atoms with van der Waals surface area (Å²) in [5, 5.41) is 0. The van der Waals surface area contributed by atoms with Gasteiger partial charge in [0.25, 0.3) is 0 Å². The number of aromatic nitrogens is 2. The fraction of sp³-hybridized carbons (Fsp3) is 0.188. The second kappa shape index (κ2) is 4.27. The molecular weight excluding hydrogens is 252 g/mol. The zero-order chi connectivity index (χ0) is 13.5. The van der Waals surface area contributed by atoms with Gasteiger partial charge in [-0.05, 0) is 37.3 Å². The van der Waals surface area contributed by atoms with Crippen LogP contribution >= 0.6 is 0 Å². The zero-order valence-corrected chi connectivity index (χ0v) is 11.2. The Hall–Kier alpha value is -2.49. The van der Waals surface area contributed by atoms with E-state index in [0.717, 1.165) is 34.1 Å². The minimum atomic E-state index is 0.598. The summed E-state index contributed by atoms with van der Waals surface area (Å²) in [7, 11) is 0. The molecule has 3 heterocycles. The lowest BCUT2D eigenvalue weighted by molar-refractivity contribution is 0.171. The molecule has 0 aliphatic carbocycles. The van der Waals surface area contributed by atoms with Gasteiger partial charge in [-0.1, -0.05) is 6.07 Å². The number of pyridine rings is 1. The molecule has 4 heteroatoms. The van der Waals surface area contributed by atoms with Crippen molar-refractivity contribution in [2.75, 3.05) is 13.2 Å². The van der Waals surface area contributed by atoms with E-state index in [-0.39, 0.29) is 0 Å². The standard InChI is InChI=1S/C16H14N2O2/c1-11-16(17-15-4-2-3-7-18(11)15)12-5-6-13-14(10-12)20-9-8-19-13/h2-7,10H,8-9H2,1H3. The van der Waals surface area contributed by atoms with Gasteiger partial charge in [0.2, 0.25) is 0 Å². The van der Waals surface area contributed by atoms with Gasteiger partial charge in [0.15, 0.2) is 11.5 Å². The Bertz CT molecular complexity index is 792. The average Bonchev–Trinajstić information content (AvgIpc) is 2.84. The Morgan fingerprint density at radius 1 is 1.05 bits per heavy atom. The van der Waals surface area contributed by atoms with E-state index in [4.69, 9.17) is 14.5 Å². The van der Waals surface area contributed by atoms with Crippen LogP contribution in [0.2, 0.25) is 0 Å². The molecule has 2 aromatic heterocycles. The molecular formula is C16H14N2O2. The van der Waals surface area contributed by atoms with Crippen molar-refractivity contribution >= 4 is 5.65 Å². The predicted octanol–water partition coefficient (Wildman–Crippen LogP) is 3.08. The van der Waals surface area contributed by atoms with Gasteiger partial charge < -0.3 is 13.9 Å². The molecule has 0 atom stereocenters. The molecule has 0 fully saturated rings. The van der Waals surface area contributed by atoms with E-state index in [1.165, 1.54) is 0 Å². The van der Waals surface area contributed by atoms with Crippen LogP contribution in [0.1, 0.15) is 5.69 Å². The molecule has 0 saturated carbocycles. The highest BCUT2D eigenvalue weighted by molar-refractivity contribution is 5.69. The summed E-state index contributed by atoms with van der Waals surface area (Å²) in [6.45, 7) is 3.28. The molecule has 4 rings (SSSR count). The Morgan fingerprint density at radius 2 is 1.90 bits per heavy atom. The van der Waals surface area contributed by atoms with Crippen molar-refractivity contribution in [2.24, 2.45) is 0 Å². The summed E-state index contributed by atoms with van der Waals surface area (Å²) in [4.78, 5) is 4.70. The lowest BCUT2D eigenvalue weighted by atomic mass is 10.1. The van der Waals surface area contributed by atoms with E-state index in [1.807, 2.05) is 42.6 Å². The SMILES string of the molecule is Cc1c(-c2ccc3c(c2)OCCO3)nc2ccccn12. The number of hydrogen-bond donors (Lipinski definition) is 0. The first-order valence-electron chi connectivity index (χ1n) is 6.66. The van der Waals surface area contributed by atoms with E-state index in [1.54, 1.807) is 0 Å². The molecule has 0 bridgehead atoms. The molecule has 1 aromatic carbocycles. The molecule has 0 spiro atoms. The highest BCUT2D eigenvalue weighted by Crippen LogP contribution is 2.35. The minimum absolute atomic E-state index is 0.598. The van der Waals surface area contributed by atoms with Crippen LogP contribution < -0.4 is 9.47 Å². The lowest BCUT2D eigenvalue weighted by Crippen LogP contribution is -2.15. The van der Waals surface area contributed by atoms with E-state index >= 15 is 0 Å². The monoisotopic (exact) mass is 266 g/mol. The van der Waals surface area contributed by atoms with Gasteiger partial charge in [-0.3, -0.25) is 0 Å². The maximum atomic E-state index is 5.64. The number of nitrogens with zero attached hydrogens (tertiary/aromatic N) is 2. The molecule has 4 nitrogen and oxygen atoms in total. The number of fused-ring (bicyclic) bond motifs is 2. The molecule has 3 aromatic rings. The molecule has 0 N–H and O–H groups in total. The van der Waals surface area contributed by atoms with Crippen molar-refractivity contribution in [3.05, 3.63) is 48.3 Å². The molecule has 0 amide bonds. The van der Waals surface area contributed by atoms with Gasteiger partial charge in [-0.15, -0.1) is 0 Å². The zero-order valence-electron chi connectivity index (χ0n) is 11.2. The van der Waals surface area contributed by atoms with E-state index in [2.05, 4.69) is 11.3 Å². The topological polar surface area (TPSA) is 35.8 Å². The molecule has 0 unspecified atom stereocenters. The number of benzene rings is 1. The fourth-order valence-corrected chi connectivity index (χ4v) is 2.58. The average molecular weight is 266 g/mol. The van der Waals surface area contributed by atoms with Crippen molar-refractivity contribution in [2.45, 2.75) is 6.92 Å². The van der Waals surface area contributed by atoms with Crippen LogP contribution in [0, 0.1) is 6.92 Å². The first kappa shape index (κ1) is 11.3. The summed E-state index contributed by atoms with van der Waals surface area (Å²) in [5.74, 6) is 1.60. The summed E-state index contributed by atoms with van der Waals surface area (Å²) in [6.07, 6.45) is 2.03. The number of hydrogen-bond acceptors (Lipinski definition) is 3. The fourth-order valence-electron chi connectivity index (χ4n) is 2.58. The summed E-state index contributed by atoms with van der Waals surface area (Å²) in [5.41, 5.74) is 4.11. The van der Waals surface area contributed by atoms with Crippen LogP contribution in [-0.4, -0.2) is 22.6 Å². The number of aryl methyl sites for hydroxylation is 1. The second-order valence-corrected chi connectivity index (χ2v) is 4.83. The van der Waals surface area contributed by atoms with Crippen LogP contribution in [0.15, 0.2) is 42.6 Å². The molecule has 1 aliphatic heterocycles. The maximum absolute atomic E-state index is 5.64. The molecule has 0 radical (unpaired) electrons. The Balaban J connectivity index is 1.88. The van der Waals surface area contributed by atoms with Gasteiger partial charge in [0.05, 0.1) is 5.69 Å².